The van der Waals surface area contributed by atoms with E-state index in [1.807, 2.05) is 13.0 Å². The second-order valence-corrected chi connectivity index (χ2v) is 5.33. The largest absolute Gasteiger partial charge is 0.454 e. The minimum absolute atomic E-state index is 0.159. The lowest BCUT2D eigenvalue weighted by Crippen LogP contribution is -2.40. The van der Waals surface area contributed by atoms with Gasteiger partial charge in [0.1, 0.15) is 12.3 Å². The van der Waals surface area contributed by atoms with E-state index in [0.29, 0.717) is 12.3 Å². The van der Waals surface area contributed by atoms with Crippen molar-refractivity contribution in [3.05, 3.63) is 53.5 Å². The van der Waals surface area contributed by atoms with Gasteiger partial charge in [0.05, 0.1) is 0 Å². The zero-order chi connectivity index (χ0) is 16.2. The van der Waals surface area contributed by atoms with Crippen molar-refractivity contribution in [2.24, 2.45) is 10.7 Å². The zero-order valence-corrected chi connectivity index (χ0v) is 13.1. The molecule has 0 unspecified atom stereocenters. The maximum absolute atomic E-state index is 11.1. The summed E-state index contributed by atoms with van der Waals surface area (Å²) in [6.45, 7) is 4.07. The first-order valence-electron chi connectivity index (χ1n) is 7.71. The van der Waals surface area contributed by atoms with Gasteiger partial charge in [0.15, 0.2) is 11.7 Å². The molecule has 2 heterocycles. The highest BCUT2D eigenvalue weighted by Gasteiger charge is 2.22. The lowest BCUT2D eigenvalue weighted by Gasteiger charge is -2.22. The van der Waals surface area contributed by atoms with Crippen LogP contribution in [0.5, 0.6) is 0 Å². The molecule has 6 heteroatoms. The van der Waals surface area contributed by atoms with E-state index in [4.69, 9.17) is 10.2 Å². The van der Waals surface area contributed by atoms with Gasteiger partial charge in [0, 0.05) is 18.8 Å². The molecule has 1 aromatic carbocycles. The van der Waals surface area contributed by atoms with Crippen molar-refractivity contribution in [2.75, 3.05) is 18.0 Å². The predicted molar refractivity (Wildman–Crippen MR) is 89.5 cm³/mol. The number of hydrogen-bond donors (Lipinski definition) is 2. The Morgan fingerprint density at radius 2 is 2.17 bits per heavy atom. The maximum atomic E-state index is 11.1. The van der Waals surface area contributed by atoms with E-state index in [1.165, 1.54) is 11.3 Å². The summed E-state index contributed by atoms with van der Waals surface area (Å²) in [5, 5.41) is 3.31. The van der Waals surface area contributed by atoms with Crippen LogP contribution in [0.25, 0.3) is 0 Å². The van der Waals surface area contributed by atoms with Crippen molar-refractivity contribution >= 4 is 17.6 Å². The molecule has 3 rings (SSSR count). The molecule has 1 aliphatic heterocycles. The summed E-state index contributed by atoms with van der Waals surface area (Å²) < 4.78 is 5.38. The third kappa shape index (κ3) is 3.21. The topological polar surface area (TPSA) is 83.9 Å². The first kappa shape index (κ1) is 15.1. The standard InChI is InChI=1S/C17H20N4O2/c1-2-19-17(20-11-13-7-8-15(23-13)16(18)22)21-10-9-12-5-3-4-6-14(12)21/h3-8H,2,9-11H2,1H3,(H2,18,22)(H,19,20). The summed E-state index contributed by atoms with van der Waals surface area (Å²) in [5.41, 5.74) is 7.71. The van der Waals surface area contributed by atoms with Crippen LogP contribution in [0.2, 0.25) is 0 Å². The van der Waals surface area contributed by atoms with Crippen molar-refractivity contribution in [3.8, 4) is 0 Å². The Balaban J connectivity index is 1.80. The Hall–Kier alpha value is -2.76. The first-order chi connectivity index (χ1) is 11.2. The molecule has 0 bridgehead atoms. The van der Waals surface area contributed by atoms with Crippen molar-refractivity contribution < 1.29 is 9.21 Å². The molecule has 1 aromatic heterocycles. The molecular weight excluding hydrogens is 292 g/mol. The summed E-state index contributed by atoms with van der Waals surface area (Å²) in [5.74, 6) is 1.02. The van der Waals surface area contributed by atoms with Gasteiger partial charge in [-0.15, -0.1) is 0 Å². The van der Waals surface area contributed by atoms with Crippen LogP contribution < -0.4 is 16.0 Å². The van der Waals surface area contributed by atoms with Crippen LogP contribution >= 0.6 is 0 Å². The van der Waals surface area contributed by atoms with E-state index in [2.05, 4.69) is 33.4 Å². The quantitative estimate of drug-likeness (QED) is 0.667. The molecule has 23 heavy (non-hydrogen) atoms. The number of carbonyl (C=O) groups excluding carboxylic acids is 1. The van der Waals surface area contributed by atoms with Gasteiger partial charge in [-0.25, -0.2) is 4.99 Å². The van der Waals surface area contributed by atoms with Crippen LogP contribution in [0, 0.1) is 0 Å². The number of nitrogens with one attached hydrogen (secondary N) is 1. The van der Waals surface area contributed by atoms with Crippen LogP contribution in [0.3, 0.4) is 0 Å². The van der Waals surface area contributed by atoms with E-state index in [9.17, 15) is 4.79 Å². The molecule has 3 N–H and O–H groups in total. The number of primary amides is 1. The number of hydrogen-bond acceptors (Lipinski definition) is 3. The van der Waals surface area contributed by atoms with Gasteiger partial charge in [-0.05, 0) is 37.1 Å². The maximum Gasteiger partial charge on any atom is 0.284 e. The van der Waals surface area contributed by atoms with E-state index >= 15 is 0 Å². The number of furan rings is 1. The fraction of sp³-hybridized carbons (Fsp3) is 0.294. The number of aliphatic imine (C=N–C) groups is 1. The van der Waals surface area contributed by atoms with Gasteiger partial charge in [0.25, 0.3) is 5.91 Å². The minimum Gasteiger partial charge on any atom is -0.454 e. The molecule has 0 atom stereocenters. The summed E-state index contributed by atoms with van der Waals surface area (Å²) >= 11 is 0. The van der Waals surface area contributed by atoms with Gasteiger partial charge in [-0.3, -0.25) is 4.79 Å². The average molecular weight is 312 g/mol. The fourth-order valence-corrected chi connectivity index (χ4v) is 2.70. The molecule has 0 spiro atoms. The number of nitrogens with two attached hydrogens (primary N) is 1. The molecule has 120 valence electrons. The summed E-state index contributed by atoms with van der Waals surface area (Å²) in [6, 6.07) is 11.6. The van der Waals surface area contributed by atoms with E-state index in [1.54, 1.807) is 12.1 Å². The van der Waals surface area contributed by atoms with Gasteiger partial charge in [0.2, 0.25) is 0 Å². The van der Waals surface area contributed by atoms with Crippen molar-refractivity contribution in [2.45, 2.75) is 19.9 Å². The van der Waals surface area contributed by atoms with Gasteiger partial charge >= 0.3 is 0 Å². The first-order valence-corrected chi connectivity index (χ1v) is 7.71. The molecule has 0 saturated heterocycles. The smallest absolute Gasteiger partial charge is 0.284 e. The number of rotatable bonds is 4. The second kappa shape index (κ2) is 6.56. The molecule has 1 amide bonds. The molecule has 0 aliphatic carbocycles. The van der Waals surface area contributed by atoms with Crippen molar-refractivity contribution in [3.63, 3.8) is 0 Å². The SMILES string of the molecule is CCNC(=NCc1ccc(C(N)=O)o1)N1CCc2ccccc21. The lowest BCUT2D eigenvalue weighted by molar-refractivity contribution is 0.0972. The van der Waals surface area contributed by atoms with E-state index in [0.717, 1.165) is 25.5 Å². The van der Waals surface area contributed by atoms with E-state index in [-0.39, 0.29) is 5.76 Å². The highest BCUT2D eigenvalue weighted by molar-refractivity contribution is 5.98. The highest BCUT2D eigenvalue weighted by atomic mass is 16.3. The molecule has 2 aromatic rings. The zero-order valence-electron chi connectivity index (χ0n) is 13.1. The van der Waals surface area contributed by atoms with Crippen LogP contribution in [-0.4, -0.2) is 25.0 Å². The number of nitrogens with zero attached hydrogens (tertiary/aromatic N) is 2. The van der Waals surface area contributed by atoms with Gasteiger partial charge in [-0.2, -0.15) is 0 Å². The number of amides is 1. The predicted octanol–water partition coefficient (Wildman–Crippen LogP) is 1.91. The number of fused-ring (bicyclic) bond motifs is 1. The molecule has 0 fully saturated rings. The number of para-hydroxylation sites is 1. The van der Waals surface area contributed by atoms with Crippen molar-refractivity contribution in [1.29, 1.82) is 0 Å². The number of carbonyl (C=O) groups is 1. The number of benzene rings is 1. The van der Waals surface area contributed by atoms with Gasteiger partial charge in [-0.1, -0.05) is 18.2 Å². The summed E-state index contributed by atoms with van der Waals surface area (Å²) in [4.78, 5) is 17.9. The Morgan fingerprint density at radius 3 is 2.91 bits per heavy atom. The molecule has 1 aliphatic rings. The minimum atomic E-state index is -0.569. The molecular formula is C17H20N4O2. The van der Waals surface area contributed by atoms with Crippen LogP contribution in [0.1, 0.15) is 28.8 Å². The van der Waals surface area contributed by atoms with Crippen LogP contribution in [-0.2, 0) is 13.0 Å². The Labute approximate surface area is 135 Å². The van der Waals surface area contributed by atoms with Gasteiger partial charge < -0.3 is 20.4 Å². The second-order valence-electron chi connectivity index (χ2n) is 5.33. The third-order valence-corrected chi connectivity index (χ3v) is 3.77. The van der Waals surface area contributed by atoms with Crippen molar-refractivity contribution in [1.82, 2.24) is 5.32 Å². The number of anilines is 1. The average Bonchev–Trinajstić information content (AvgIpc) is 3.18. The Kier molecular flexibility index (Phi) is 4.32. The third-order valence-electron chi connectivity index (χ3n) is 3.77. The summed E-state index contributed by atoms with van der Waals surface area (Å²) in [6.07, 6.45) is 1.01. The molecule has 6 nitrogen and oxygen atoms in total. The Bertz CT molecular complexity index is 736. The van der Waals surface area contributed by atoms with Crippen LogP contribution in [0.4, 0.5) is 5.69 Å². The summed E-state index contributed by atoms with van der Waals surface area (Å²) in [7, 11) is 0. The Morgan fingerprint density at radius 1 is 1.35 bits per heavy atom. The highest BCUT2D eigenvalue weighted by Crippen LogP contribution is 2.27. The molecule has 0 saturated carbocycles. The molecule has 0 radical (unpaired) electrons. The van der Waals surface area contributed by atoms with E-state index < -0.39 is 5.91 Å². The number of guanidine groups is 1. The lowest BCUT2D eigenvalue weighted by atomic mass is 10.2. The monoisotopic (exact) mass is 312 g/mol. The fourth-order valence-electron chi connectivity index (χ4n) is 2.70. The normalized spacial score (nSPS) is 14.0. The van der Waals surface area contributed by atoms with Crippen LogP contribution in [0.15, 0.2) is 45.8 Å².